The molecule has 1 amide bonds. The first-order chi connectivity index (χ1) is 9.99. The van der Waals surface area contributed by atoms with Gasteiger partial charge in [-0.1, -0.05) is 11.6 Å². The Hall–Kier alpha value is -1.11. The van der Waals surface area contributed by atoms with Crippen LogP contribution in [0.4, 0.5) is 0 Å². The van der Waals surface area contributed by atoms with Gasteiger partial charge in [0.1, 0.15) is 0 Å². The first kappa shape index (κ1) is 13.5. The Morgan fingerprint density at radius 3 is 2.95 bits per heavy atom. The summed E-state index contributed by atoms with van der Waals surface area (Å²) in [7, 11) is 0. The predicted octanol–water partition coefficient (Wildman–Crippen LogP) is 1.87. The molecule has 21 heavy (non-hydrogen) atoms. The number of nitrogens with zero attached hydrogens (tertiary/aromatic N) is 2. The minimum Gasteiger partial charge on any atom is -0.345 e. The average Bonchev–Trinajstić information content (AvgIpc) is 2.77. The van der Waals surface area contributed by atoms with Crippen molar-refractivity contribution in [2.45, 2.75) is 19.4 Å². The number of aromatic nitrogens is 2. The third-order valence-electron chi connectivity index (χ3n) is 4.64. The highest BCUT2D eigenvalue weighted by molar-refractivity contribution is 7.15. The number of rotatable bonds is 3. The highest BCUT2D eigenvalue weighted by Crippen LogP contribution is 2.49. The number of piperidine rings is 1. The molecule has 1 aliphatic heterocycles. The van der Waals surface area contributed by atoms with Crippen molar-refractivity contribution in [3.8, 4) is 0 Å². The number of halogens is 1. The van der Waals surface area contributed by atoms with Gasteiger partial charge in [-0.15, -0.1) is 11.3 Å². The Balaban J connectivity index is 1.59. The molecule has 0 radical (unpaired) electrons. The molecule has 0 aromatic carbocycles. The molecular formula is C14H17ClN4OS. The van der Waals surface area contributed by atoms with Crippen LogP contribution in [0.15, 0.2) is 11.6 Å². The van der Waals surface area contributed by atoms with E-state index in [0.717, 1.165) is 23.7 Å². The number of carbonyl (C=O) groups excluding carboxylic acids is 1. The molecule has 112 valence electrons. The topological polar surface area (TPSA) is 58.4 Å². The fourth-order valence-electron chi connectivity index (χ4n) is 3.58. The van der Waals surface area contributed by atoms with E-state index in [1.807, 2.05) is 29.8 Å². The van der Waals surface area contributed by atoms with Crippen LogP contribution in [0.2, 0.25) is 5.15 Å². The Labute approximate surface area is 131 Å². The molecule has 4 rings (SSSR count). The number of nitrogens with one attached hydrogen (secondary N) is 2. The minimum absolute atomic E-state index is 0.137. The number of hydrogen-bond acceptors (Lipinski definition) is 4. The van der Waals surface area contributed by atoms with E-state index in [4.69, 9.17) is 11.6 Å². The van der Waals surface area contributed by atoms with Crippen LogP contribution < -0.4 is 10.6 Å². The first-order valence-electron chi connectivity index (χ1n) is 7.13. The molecule has 3 heterocycles. The van der Waals surface area contributed by atoms with Crippen molar-refractivity contribution in [3.05, 3.63) is 22.4 Å². The van der Waals surface area contributed by atoms with Gasteiger partial charge < -0.3 is 10.6 Å². The summed E-state index contributed by atoms with van der Waals surface area (Å²) < 4.78 is 1.96. The number of thiazole rings is 1. The molecule has 2 atom stereocenters. The molecule has 2 aromatic heterocycles. The van der Waals surface area contributed by atoms with Crippen LogP contribution in [0.25, 0.3) is 4.96 Å². The van der Waals surface area contributed by atoms with Crippen molar-refractivity contribution >= 4 is 33.8 Å². The maximum Gasteiger partial charge on any atom is 0.224 e. The molecule has 1 aliphatic carbocycles. The van der Waals surface area contributed by atoms with Gasteiger partial charge in [0.25, 0.3) is 0 Å². The third kappa shape index (κ3) is 2.00. The standard InChI is InChI=1S/C14H17ClN4OS/c1-14(2,10-11(15)17-13-19(10)3-4-21-13)18-12(20)9-7-5-16-6-8(7)9/h3-4,7-9,16H,5-6H2,1-2H3,(H,18,20). The molecule has 2 N–H and O–H groups in total. The second kappa shape index (κ2) is 4.44. The fourth-order valence-corrected chi connectivity index (χ4v) is 4.75. The van der Waals surface area contributed by atoms with E-state index in [0.29, 0.717) is 17.0 Å². The summed E-state index contributed by atoms with van der Waals surface area (Å²) in [6.45, 7) is 5.89. The number of imidazole rings is 1. The lowest BCUT2D eigenvalue weighted by atomic mass is 10.0. The van der Waals surface area contributed by atoms with E-state index in [1.165, 1.54) is 11.3 Å². The fraction of sp³-hybridized carbons (Fsp3) is 0.571. The average molecular weight is 325 g/mol. The van der Waals surface area contributed by atoms with E-state index >= 15 is 0 Å². The zero-order chi connectivity index (χ0) is 14.8. The molecule has 2 aromatic rings. The van der Waals surface area contributed by atoms with Gasteiger partial charge in [0, 0.05) is 17.5 Å². The maximum atomic E-state index is 12.5. The molecule has 7 heteroatoms. The van der Waals surface area contributed by atoms with Crippen LogP contribution >= 0.6 is 22.9 Å². The van der Waals surface area contributed by atoms with E-state index in [1.54, 1.807) is 0 Å². The van der Waals surface area contributed by atoms with E-state index in [-0.39, 0.29) is 11.8 Å². The van der Waals surface area contributed by atoms with Crippen molar-refractivity contribution in [1.82, 2.24) is 20.0 Å². The molecule has 2 unspecified atom stereocenters. The summed E-state index contributed by atoms with van der Waals surface area (Å²) in [4.78, 5) is 17.7. The van der Waals surface area contributed by atoms with Gasteiger partial charge in [-0.25, -0.2) is 4.98 Å². The summed E-state index contributed by atoms with van der Waals surface area (Å²) >= 11 is 7.82. The number of fused-ring (bicyclic) bond motifs is 2. The normalized spacial score (nSPS) is 27.9. The van der Waals surface area contributed by atoms with Crippen molar-refractivity contribution in [1.29, 1.82) is 0 Å². The highest BCUT2D eigenvalue weighted by Gasteiger charge is 2.57. The quantitative estimate of drug-likeness (QED) is 0.906. The van der Waals surface area contributed by atoms with Crippen molar-refractivity contribution in [2.24, 2.45) is 17.8 Å². The third-order valence-corrected chi connectivity index (χ3v) is 5.66. The van der Waals surface area contributed by atoms with Crippen LogP contribution in [-0.4, -0.2) is 28.4 Å². The molecule has 2 fully saturated rings. The SMILES string of the molecule is CC(C)(NC(=O)C1C2CNCC21)c1c(Cl)nc2sccn12. The Kier molecular flexibility index (Phi) is 2.87. The van der Waals surface area contributed by atoms with Crippen LogP contribution in [0.3, 0.4) is 0 Å². The van der Waals surface area contributed by atoms with Crippen molar-refractivity contribution in [2.75, 3.05) is 13.1 Å². The number of amides is 1. The summed E-state index contributed by atoms with van der Waals surface area (Å²) in [5.74, 6) is 1.33. The second-order valence-corrected chi connectivity index (χ2v) is 7.66. The summed E-state index contributed by atoms with van der Waals surface area (Å²) in [6, 6.07) is 0. The number of carbonyl (C=O) groups is 1. The summed E-state index contributed by atoms with van der Waals surface area (Å²) in [5.41, 5.74) is 0.302. The lowest BCUT2D eigenvalue weighted by Crippen LogP contribution is -2.44. The zero-order valence-electron chi connectivity index (χ0n) is 11.9. The summed E-state index contributed by atoms with van der Waals surface area (Å²) in [5, 5.41) is 8.91. The van der Waals surface area contributed by atoms with Gasteiger partial charge in [0.2, 0.25) is 5.91 Å². The molecule has 1 saturated heterocycles. The first-order valence-corrected chi connectivity index (χ1v) is 8.39. The molecule has 0 spiro atoms. The molecule has 2 aliphatic rings. The van der Waals surface area contributed by atoms with Gasteiger partial charge in [0.15, 0.2) is 10.1 Å². The molecule has 0 bridgehead atoms. The Morgan fingerprint density at radius 1 is 1.52 bits per heavy atom. The van der Waals surface area contributed by atoms with E-state index in [9.17, 15) is 4.79 Å². The second-order valence-electron chi connectivity index (χ2n) is 6.43. The lowest BCUT2D eigenvalue weighted by molar-refractivity contribution is -0.124. The van der Waals surface area contributed by atoms with E-state index in [2.05, 4.69) is 15.6 Å². The maximum absolute atomic E-state index is 12.5. The monoisotopic (exact) mass is 324 g/mol. The molecular weight excluding hydrogens is 308 g/mol. The van der Waals surface area contributed by atoms with Crippen molar-refractivity contribution < 1.29 is 4.79 Å². The van der Waals surface area contributed by atoms with Gasteiger partial charge >= 0.3 is 0 Å². The van der Waals surface area contributed by atoms with Crippen molar-refractivity contribution in [3.63, 3.8) is 0 Å². The van der Waals surface area contributed by atoms with E-state index < -0.39 is 5.54 Å². The van der Waals surface area contributed by atoms with Crippen LogP contribution in [-0.2, 0) is 10.3 Å². The zero-order valence-corrected chi connectivity index (χ0v) is 13.5. The smallest absolute Gasteiger partial charge is 0.224 e. The van der Waals surface area contributed by atoms with Gasteiger partial charge in [-0.05, 0) is 38.8 Å². The molecule has 5 nitrogen and oxygen atoms in total. The number of hydrogen-bond donors (Lipinski definition) is 2. The molecule has 1 saturated carbocycles. The van der Waals surface area contributed by atoms with Crippen LogP contribution in [0, 0.1) is 17.8 Å². The summed E-state index contributed by atoms with van der Waals surface area (Å²) in [6.07, 6.45) is 1.94. The Bertz CT molecular complexity index is 712. The van der Waals surface area contributed by atoms with Crippen LogP contribution in [0.5, 0.6) is 0 Å². The largest absolute Gasteiger partial charge is 0.345 e. The Morgan fingerprint density at radius 2 is 2.24 bits per heavy atom. The predicted molar refractivity (Wildman–Crippen MR) is 82.6 cm³/mol. The van der Waals surface area contributed by atoms with Gasteiger partial charge in [0.05, 0.1) is 11.2 Å². The van der Waals surface area contributed by atoms with Crippen LogP contribution in [0.1, 0.15) is 19.5 Å². The lowest BCUT2D eigenvalue weighted by Gasteiger charge is -2.26. The van der Waals surface area contributed by atoms with Gasteiger partial charge in [-0.2, -0.15) is 0 Å². The highest BCUT2D eigenvalue weighted by atomic mass is 35.5. The minimum atomic E-state index is -0.543. The van der Waals surface area contributed by atoms with Gasteiger partial charge in [-0.3, -0.25) is 9.20 Å².